The number of carbonyl (C=O) groups is 1. The zero-order valence-corrected chi connectivity index (χ0v) is 13.5. The largest absolute Gasteiger partial charge is 0.494 e. The first kappa shape index (κ1) is 14.7. The molecule has 0 aliphatic rings. The molecule has 0 unspecified atom stereocenters. The van der Waals surface area contributed by atoms with E-state index in [9.17, 15) is 9.90 Å². The third-order valence-electron chi connectivity index (χ3n) is 3.44. The summed E-state index contributed by atoms with van der Waals surface area (Å²) < 4.78 is 8.09. The van der Waals surface area contributed by atoms with Crippen molar-refractivity contribution in [1.82, 2.24) is 4.40 Å². The van der Waals surface area contributed by atoms with Gasteiger partial charge in [0.1, 0.15) is 5.75 Å². The molecular weight excluding hydrogens is 346 g/mol. The van der Waals surface area contributed by atoms with E-state index >= 15 is 0 Å². The first-order valence-electron chi connectivity index (χ1n) is 6.87. The molecule has 0 radical (unpaired) electrons. The number of aromatic carboxylic acids is 1. The molecule has 1 N–H and O–H groups in total. The Labute approximate surface area is 136 Å². The minimum absolute atomic E-state index is 0.297. The van der Waals surface area contributed by atoms with E-state index in [1.807, 2.05) is 54.0 Å². The Morgan fingerprint density at radius 1 is 1.27 bits per heavy atom. The Balaban J connectivity index is 2.22. The number of benzene rings is 1. The Bertz CT molecular complexity index is 854. The van der Waals surface area contributed by atoms with Gasteiger partial charge in [-0.15, -0.1) is 0 Å². The number of carboxylic acids is 1. The molecule has 0 bridgehead atoms. The van der Waals surface area contributed by atoms with Crippen LogP contribution < -0.4 is 4.74 Å². The zero-order valence-electron chi connectivity index (χ0n) is 11.9. The number of aromatic nitrogens is 1. The highest BCUT2D eigenvalue weighted by Gasteiger charge is 2.19. The van der Waals surface area contributed by atoms with Gasteiger partial charge < -0.3 is 14.2 Å². The van der Waals surface area contributed by atoms with E-state index in [0.29, 0.717) is 23.3 Å². The minimum Gasteiger partial charge on any atom is -0.494 e. The van der Waals surface area contributed by atoms with Gasteiger partial charge in [-0.3, -0.25) is 0 Å². The molecular formula is C17H14BrNO3. The predicted octanol–water partition coefficient (Wildman–Crippen LogP) is 4.47. The van der Waals surface area contributed by atoms with Crippen LogP contribution in [0.4, 0.5) is 0 Å². The van der Waals surface area contributed by atoms with Gasteiger partial charge in [-0.25, -0.2) is 4.79 Å². The van der Waals surface area contributed by atoms with Gasteiger partial charge in [0.05, 0.1) is 17.7 Å². The summed E-state index contributed by atoms with van der Waals surface area (Å²) in [7, 11) is 0. The summed E-state index contributed by atoms with van der Waals surface area (Å²) >= 11 is 3.51. The Morgan fingerprint density at radius 2 is 2.09 bits per heavy atom. The van der Waals surface area contributed by atoms with Crippen molar-refractivity contribution < 1.29 is 14.6 Å². The highest BCUT2D eigenvalue weighted by molar-refractivity contribution is 9.10. The maximum Gasteiger partial charge on any atom is 0.338 e. The minimum atomic E-state index is -0.940. The SMILES string of the molecule is CCOc1ccc(-c2cn3ccccc3c2C(=O)O)c(Br)c1. The summed E-state index contributed by atoms with van der Waals surface area (Å²) in [5, 5.41) is 9.59. The van der Waals surface area contributed by atoms with Crippen molar-refractivity contribution in [3.8, 4) is 16.9 Å². The summed E-state index contributed by atoms with van der Waals surface area (Å²) in [5.74, 6) is -0.191. The fourth-order valence-corrected chi connectivity index (χ4v) is 3.09. The highest BCUT2D eigenvalue weighted by Crippen LogP contribution is 2.36. The lowest BCUT2D eigenvalue weighted by atomic mass is 10.0. The molecule has 0 saturated carbocycles. The second-order valence-electron chi connectivity index (χ2n) is 4.79. The van der Waals surface area contributed by atoms with Crippen molar-refractivity contribution in [2.75, 3.05) is 6.61 Å². The molecule has 1 aromatic carbocycles. The van der Waals surface area contributed by atoms with Crippen LogP contribution in [-0.4, -0.2) is 22.1 Å². The molecule has 2 heterocycles. The van der Waals surface area contributed by atoms with Gasteiger partial charge in [0.25, 0.3) is 0 Å². The van der Waals surface area contributed by atoms with Crippen LogP contribution in [0.5, 0.6) is 5.75 Å². The number of rotatable bonds is 4. The molecule has 5 heteroatoms. The number of hydrogen-bond donors (Lipinski definition) is 1. The molecule has 4 nitrogen and oxygen atoms in total. The van der Waals surface area contributed by atoms with Crippen molar-refractivity contribution >= 4 is 27.4 Å². The average Bonchev–Trinajstić information content (AvgIpc) is 2.86. The number of ether oxygens (including phenoxy) is 1. The van der Waals surface area contributed by atoms with E-state index in [1.54, 1.807) is 6.07 Å². The molecule has 3 rings (SSSR count). The van der Waals surface area contributed by atoms with Crippen LogP contribution in [0.15, 0.2) is 53.3 Å². The Hall–Kier alpha value is -2.27. The average molecular weight is 360 g/mol. The van der Waals surface area contributed by atoms with Crippen molar-refractivity contribution in [2.24, 2.45) is 0 Å². The summed E-state index contributed by atoms with van der Waals surface area (Å²) in [5.41, 5.74) is 2.47. The van der Waals surface area contributed by atoms with E-state index in [-0.39, 0.29) is 0 Å². The first-order chi connectivity index (χ1) is 10.6. The molecule has 112 valence electrons. The van der Waals surface area contributed by atoms with Crippen LogP contribution in [0.2, 0.25) is 0 Å². The van der Waals surface area contributed by atoms with Crippen LogP contribution in [-0.2, 0) is 0 Å². The van der Waals surface area contributed by atoms with Gasteiger partial charge in [-0.2, -0.15) is 0 Å². The van der Waals surface area contributed by atoms with Crippen LogP contribution in [0.1, 0.15) is 17.3 Å². The number of hydrogen-bond acceptors (Lipinski definition) is 2. The molecule has 0 spiro atoms. The van der Waals surface area contributed by atoms with Crippen molar-refractivity contribution in [2.45, 2.75) is 6.92 Å². The topological polar surface area (TPSA) is 50.9 Å². The van der Waals surface area contributed by atoms with Gasteiger partial charge in [0.2, 0.25) is 0 Å². The second-order valence-corrected chi connectivity index (χ2v) is 5.65. The van der Waals surface area contributed by atoms with E-state index in [0.717, 1.165) is 15.8 Å². The highest BCUT2D eigenvalue weighted by atomic mass is 79.9. The van der Waals surface area contributed by atoms with Gasteiger partial charge >= 0.3 is 5.97 Å². The Kier molecular flexibility index (Phi) is 3.90. The fourth-order valence-electron chi connectivity index (χ4n) is 2.52. The maximum atomic E-state index is 11.7. The molecule has 0 amide bonds. The molecule has 0 aliphatic heterocycles. The standard InChI is InChI=1S/C17H14BrNO3/c1-2-22-11-6-7-12(14(18)9-11)13-10-19-8-4-3-5-15(19)16(13)17(20)21/h3-10H,2H2,1H3,(H,20,21). The van der Waals surface area contributed by atoms with E-state index in [2.05, 4.69) is 15.9 Å². The summed E-state index contributed by atoms with van der Waals surface area (Å²) in [6.07, 6.45) is 3.67. The Morgan fingerprint density at radius 3 is 2.77 bits per heavy atom. The number of halogens is 1. The number of fused-ring (bicyclic) bond motifs is 1. The normalized spacial score (nSPS) is 10.8. The van der Waals surface area contributed by atoms with Crippen LogP contribution >= 0.6 is 15.9 Å². The summed E-state index contributed by atoms with van der Waals surface area (Å²) in [6, 6.07) is 11.1. The van der Waals surface area contributed by atoms with E-state index < -0.39 is 5.97 Å². The van der Waals surface area contributed by atoms with Crippen LogP contribution in [0.3, 0.4) is 0 Å². The summed E-state index contributed by atoms with van der Waals surface area (Å²) in [4.78, 5) is 11.7. The lowest BCUT2D eigenvalue weighted by Gasteiger charge is -2.08. The second kappa shape index (κ2) is 5.85. The van der Waals surface area contributed by atoms with E-state index in [4.69, 9.17) is 4.74 Å². The predicted molar refractivity (Wildman–Crippen MR) is 88.7 cm³/mol. The summed E-state index contributed by atoms with van der Waals surface area (Å²) in [6.45, 7) is 2.51. The maximum absolute atomic E-state index is 11.7. The van der Waals surface area contributed by atoms with Crippen molar-refractivity contribution in [1.29, 1.82) is 0 Å². The van der Waals surface area contributed by atoms with Crippen LogP contribution in [0, 0.1) is 0 Å². The smallest absolute Gasteiger partial charge is 0.338 e. The zero-order chi connectivity index (χ0) is 15.7. The molecule has 0 atom stereocenters. The van der Waals surface area contributed by atoms with Gasteiger partial charge in [-0.1, -0.05) is 22.0 Å². The van der Waals surface area contributed by atoms with Gasteiger partial charge in [0.15, 0.2) is 0 Å². The molecule has 0 saturated heterocycles. The molecule has 2 aromatic heterocycles. The number of pyridine rings is 1. The number of nitrogens with zero attached hydrogens (tertiary/aromatic N) is 1. The third-order valence-corrected chi connectivity index (χ3v) is 4.10. The quantitative estimate of drug-likeness (QED) is 0.747. The molecule has 22 heavy (non-hydrogen) atoms. The molecule has 0 aliphatic carbocycles. The lowest BCUT2D eigenvalue weighted by Crippen LogP contribution is -1.98. The van der Waals surface area contributed by atoms with Gasteiger partial charge in [0, 0.05) is 22.4 Å². The van der Waals surface area contributed by atoms with Gasteiger partial charge in [-0.05, 0) is 42.8 Å². The molecule has 3 aromatic rings. The lowest BCUT2D eigenvalue weighted by molar-refractivity contribution is 0.0700. The molecule has 0 fully saturated rings. The fraction of sp³-hybridized carbons (Fsp3) is 0.118. The monoisotopic (exact) mass is 359 g/mol. The number of carboxylic acid groups (broad SMARTS) is 1. The van der Waals surface area contributed by atoms with Crippen molar-refractivity contribution in [3.05, 3.63) is 58.8 Å². The van der Waals surface area contributed by atoms with Crippen molar-refractivity contribution in [3.63, 3.8) is 0 Å². The first-order valence-corrected chi connectivity index (χ1v) is 7.67. The third kappa shape index (κ3) is 2.48. The van der Waals surface area contributed by atoms with Crippen LogP contribution in [0.25, 0.3) is 16.6 Å². The van der Waals surface area contributed by atoms with E-state index in [1.165, 1.54) is 0 Å².